The SMILES string of the molecule is COc1cc([C@@H](CCF)N2CCNCC2)c(OC)cc1Br. The lowest BCUT2D eigenvalue weighted by Gasteiger charge is -2.35. The quantitative estimate of drug-likeness (QED) is 0.845. The smallest absolute Gasteiger partial charge is 0.133 e. The van der Waals surface area contributed by atoms with Gasteiger partial charge in [-0.1, -0.05) is 0 Å². The Kier molecular flexibility index (Phi) is 6.26. The number of methoxy groups -OCH3 is 2. The molecule has 1 aliphatic rings. The maximum atomic E-state index is 13.1. The van der Waals surface area contributed by atoms with E-state index in [-0.39, 0.29) is 12.7 Å². The van der Waals surface area contributed by atoms with Crippen LogP contribution < -0.4 is 14.8 Å². The summed E-state index contributed by atoms with van der Waals surface area (Å²) in [7, 11) is 3.27. The van der Waals surface area contributed by atoms with Crippen LogP contribution in [-0.4, -0.2) is 52.0 Å². The number of nitrogens with zero attached hydrogens (tertiary/aromatic N) is 1. The summed E-state index contributed by atoms with van der Waals surface area (Å²) < 4.78 is 24.8. The van der Waals surface area contributed by atoms with Crippen molar-refractivity contribution in [1.82, 2.24) is 10.2 Å². The van der Waals surface area contributed by atoms with Crippen LogP contribution in [0, 0.1) is 0 Å². The van der Waals surface area contributed by atoms with Gasteiger partial charge < -0.3 is 14.8 Å². The van der Waals surface area contributed by atoms with E-state index < -0.39 is 0 Å². The van der Waals surface area contributed by atoms with Gasteiger partial charge in [0.15, 0.2) is 0 Å². The van der Waals surface area contributed by atoms with E-state index in [0.29, 0.717) is 6.42 Å². The molecule has 0 unspecified atom stereocenters. The molecule has 1 saturated heterocycles. The summed E-state index contributed by atoms with van der Waals surface area (Å²) in [4.78, 5) is 2.31. The number of hydrogen-bond donors (Lipinski definition) is 1. The van der Waals surface area contributed by atoms with Gasteiger partial charge in [0, 0.05) is 37.8 Å². The number of alkyl halides is 1. The highest BCUT2D eigenvalue weighted by Gasteiger charge is 2.26. The number of piperazine rings is 1. The normalized spacial score (nSPS) is 17.5. The van der Waals surface area contributed by atoms with Crippen LogP contribution in [0.15, 0.2) is 16.6 Å². The molecular weight excluding hydrogens is 339 g/mol. The molecule has 6 heteroatoms. The lowest BCUT2D eigenvalue weighted by molar-refractivity contribution is 0.154. The zero-order chi connectivity index (χ0) is 15.2. The summed E-state index contributed by atoms with van der Waals surface area (Å²) in [5.74, 6) is 1.50. The van der Waals surface area contributed by atoms with Crippen LogP contribution in [0.3, 0.4) is 0 Å². The predicted molar refractivity (Wildman–Crippen MR) is 85.0 cm³/mol. The lowest BCUT2D eigenvalue weighted by Crippen LogP contribution is -2.45. The minimum absolute atomic E-state index is 0.00838. The van der Waals surface area contributed by atoms with Gasteiger partial charge in [-0.05, 0) is 34.5 Å². The lowest BCUT2D eigenvalue weighted by atomic mass is 10.00. The molecule has 1 heterocycles. The van der Waals surface area contributed by atoms with E-state index in [1.54, 1.807) is 14.2 Å². The summed E-state index contributed by atoms with van der Waals surface area (Å²) in [6.45, 7) is 3.33. The van der Waals surface area contributed by atoms with Gasteiger partial charge in [0.2, 0.25) is 0 Å². The molecule has 1 N–H and O–H groups in total. The Bertz CT molecular complexity index is 467. The first-order valence-corrected chi connectivity index (χ1v) is 7.92. The van der Waals surface area contributed by atoms with Crippen molar-refractivity contribution in [1.29, 1.82) is 0 Å². The molecule has 21 heavy (non-hydrogen) atoms. The molecule has 2 rings (SSSR count). The largest absolute Gasteiger partial charge is 0.496 e. The van der Waals surface area contributed by atoms with Crippen molar-refractivity contribution in [2.24, 2.45) is 0 Å². The number of nitrogens with one attached hydrogen (secondary N) is 1. The third-order valence-corrected chi connectivity index (χ3v) is 4.46. The molecule has 0 bridgehead atoms. The third kappa shape index (κ3) is 3.87. The average Bonchev–Trinajstić information content (AvgIpc) is 2.53. The molecule has 0 radical (unpaired) electrons. The number of rotatable bonds is 6. The minimum atomic E-state index is -0.351. The summed E-state index contributed by atoms with van der Waals surface area (Å²) in [5, 5.41) is 3.32. The summed E-state index contributed by atoms with van der Waals surface area (Å²) >= 11 is 3.46. The molecule has 118 valence electrons. The topological polar surface area (TPSA) is 33.7 Å². The standard InChI is InChI=1S/C15H22BrFN2O2/c1-20-14-10-12(16)15(21-2)9-11(14)13(3-4-17)19-7-5-18-6-8-19/h9-10,13,18H,3-8H2,1-2H3/t13-/m1/s1. The molecule has 1 fully saturated rings. The Morgan fingerprint density at radius 3 is 2.48 bits per heavy atom. The highest BCUT2D eigenvalue weighted by Crippen LogP contribution is 2.39. The van der Waals surface area contributed by atoms with Crippen LogP contribution in [0.1, 0.15) is 18.0 Å². The van der Waals surface area contributed by atoms with Gasteiger partial charge in [-0.25, -0.2) is 0 Å². The molecule has 0 aliphatic carbocycles. The Morgan fingerprint density at radius 2 is 1.90 bits per heavy atom. The fraction of sp³-hybridized carbons (Fsp3) is 0.600. The average molecular weight is 361 g/mol. The van der Waals surface area contributed by atoms with Crippen LogP contribution in [-0.2, 0) is 0 Å². The van der Waals surface area contributed by atoms with Crippen molar-refractivity contribution >= 4 is 15.9 Å². The first-order valence-electron chi connectivity index (χ1n) is 7.13. The number of hydrogen-bond acceptors (Lipinski definition) is 4. The van der Waals surface area contributed by atoms with E-state index in [9.17, 15) is 4.39 Å². The fourth-order valence-electron chi connectivity index (χ4n) is 2.78. The molecule has 1 atom stereocenters. The Hall–Kier alpha value is -0.850. The van der Waals surface area contributed by atoms with Crippen molar-refractivity contribution in [2.45, 2.75) is 12.5 Å². The number of benzene rings is 1. The third-order valence-electron chi connectivity index (χ3n) is 3.84. The highest BCUT2D eigenvalue weighted by atomic mass is 79.9. The maximum absolute atomic E-state index is 13.1. The monoisotopic (exact) mass is 360 g/mol. The fourth-order valence-corrected chi connectivity index (χ4v) is 3.26. The van der Waals surface area contributed by atoms with Crippen molar-refractivity contribution < 1.29 is 13.9 Å². The van der Waals surface area contributed by atoms with Crippen LogP contribution >= 0.6 is 15.9 Å². The Balaban J connectivity index is 2.37. The van der Waals surface area contributed by atoms with E-state index in [4.69, 9.17) is 9.47 Å². The molecule has 0 amide bonds. The van der Waals surface area contributed by atoms with E-state index in [2.05, 4.69) is 26.1 Å². The van der Waals surface area contributed by atoms with Crippen molar-refractivity contribution in [3.05, 3.63) is 22.2 Å². The van der Waals surface area contributed by atoms with Gasteiger partial charge in [-0.15, -0.1) is 0 Å². The molecule has 0 saturated carbocycles. The van der Waals surface area contributed by atoms with E-state index >= 15 is 0 Å². The van der Waals surface area contributed by atoms with Gasteiger partial charge >= 0.3 is 0 Å². The van der Waals surface area contributed by atoms with Crippen molar-refractivity contribution in [3.8, 4) is 11.5 Å². The van der Waals surface area contributed by atoms with Crippen molar-refractivity contribution in [2.75, 3.05) is 47.1 Å². The Labute approximate surface area is 133 Å². The summed E-state index contributed by atoms with van der Waals surface area (Å²) in [6, 6.07) is 3.85. The van der Waals surface area contributed by atoms with E-state index in [1.165, 1.54) is 0 Å². The number of ether oxygens (including phenoxy) is 2. The second-order valence-corrected chi connectivity index (χ2v) is 5.86. The summed E-state index contributed by atoms with van der Waals surface area (Å²) in [6.07, 6.45) is 0.459. The van der Waals surface area contributed by atoms with Gasteiger partial charge in [-0.3, -0.25) is 9.29 Å². The molecule has 1 aromatic rings. The summed E-state index contributed by atoms with van der Waals surface area (Å²) in [5.41, 5.74) is 0.983. The van der Waals surface area contributed by atoms with Gasteiger partial charge in [-0.2, -0.15) is 0 Å². The van der Waals surface area contributed by atoms with Crippen molar-refractivity contribution in [3.63, 3.8) is 0 Å². The van der Waals surface area contributed by atoms with Gasteiger partial charge in [0.25, 0.3) is 0 Å². The second-order valence-electron chi connectivity index (χ2n) is 5.01. The van der Waals surface area contributed by atoms with Crippen LogP contribution in [0.25, 0.3) is 0 Å². The first kappa shape index (κ1) is 16.5. The van der Waals surface area contributed by atoms with Crippen LogP contribution in [0.5, 0.6) is 11.5 Å². The number of halogens is 2. The molecule has 0 spiro atoms. The molecule has 1 aliphatic heterocycles. The Morgan fingerprint density at radius 1 is 1.24 bits per heavy atom. The minimum Gasteiger partial charge on any atom is -0.496 e. The van der Waals surface area contributed by atoms with Gasteiger partial charge in [0.05, 0.1) is 25.4 Å². The molecular formula is C15H22BrFN2O2. The van der Waals surface area contributed by atoms with E-state index in [1.807, 2.05) is 12.1 Å². The second kappa shape index (κ2) is 7.96. The maximum Gasteiger partial charge on any atom is 0.133 e. The molecule has 0 aromatic heterocycles. The molecule has 4 nitrogen and oxygen atoms in total. The molecule has 1 aromatic carbocycles. The zero-order valence-corrected chi connectivity index (χ0v) is 14.1. The van der Waals surface area contributed by atoms with Crippen LogP contribution in [0.4, 0.5) is 4.39 Å². The van der Waals surface area contributed by atoms with Crippen LogP contribution in [0.2, 0.25) is 0 Å². The zero-order valence-electron chi connectivity index (χ0n) is 12.5. The van der Waals surface area contributed by atoms with Gasteiger partial charge in [0.1, 0.15) is 11.5 Å². The predicted octanol–water partition coefficient (Wildman–Crippen LogP) is 2.77. The first-order chi connectivity index (χ1) is 10.2. The van der Waals surface area contributed by atoms with E-state index in [0.717, 1.165) is 47.7 Å². The highest BCUT2D eigenvalue weighted by molar-refractivity contribution is 9.10.